The van der Waals surface area contributed by atoms with Crippen molar-refractivity contribution in [2.45, 2.75) is 38.5 Å². The van der Waals surface area contributed by atoms with E-state index < -0.39 is 0 Å². The molecule has 1 fully saturated rings. The van der Waals surface area contributed by atoms with Crippen molar-refractivity contribution < 1.29 is 4.79 Å². The lowest BCUT2D eigenvalue weighted by molar-refractivity contribution is -0.117. The van der Waals surface area contributed by atoms with Crippen molar-refractivity contribution in [3.63, 3.8) is 0 Å². The number of nitrogens with one attached hydrogen (secondary N) is 1. The SMILES string of the molecule is Nc1cc(NC(=O)CC2CCCCC2)ccc1Cl. The first kappa shape index (κ1) is 13.2. The summed E-state index contributed by atoms with van der Waals surface area (Å²) in [6.07, 6.45) is 6.79. The molecule has 4 heteroatoms. The van der Waals surface area contributed by atoms with E-state index in [-0.39, 0.29) is 5.91 Å². The predicted octanol–water partition coefficient (Wildman–Crippen LogP) is 3.83. The molecule has 0 unspecified atom stereocenters. The summed E-state index contributed by atoms with van der Waals surface area (Å²) in [6.45, 7) is 0. The monoisotopic (exact) mass is 266 g/mol. The second kappa shape index (κ2) is 6.10. The van der Waals surface area contributed by atoms with Gasteiger partial charge in [0.2, 0.25) is 5.91 Å². The van der Waals surface area contributed by atoms with E-state index in [1.807, 2.05) is 0 Å². The number of nitrogen functional groups attached to an aromatic ring is 1. The summed E-state index contributed by atoms with van der Waals surface area (Å²) >= 11 is 5.84. The van der Waals surface area contributed by atoms with Crippen LogP contribution in [0.3, 0.4) is 0 Å². The van der Waals surface area contributed by atoms with E-state index in [9.17, 15) is 4.79 Å². The fourth-order valence-electron chi connectivity index (χ4n) is 2.49. The van der Waals surface area contributed by atoms with Gasteiger partial charge in [-0.25, -0.2) is 0 Å². The van der Waals surface area contributed by atoms with Crippen molar-refractivity contribution in [3.05, 3.63) is 23.2 Å². The molecule has 3 N–H and O–H groups in total. The Labute approximate surface area is 113 Å². The van der Waals surface area contributed by atoms with Gasteiger partial charge in [0.05, 0.1) is 10.7 Å². The van der Waals surface area contributed by atoms with E-state index in [1.165, 1.54) is 32.1 Å². The summed E-state index contributed by atoms with van der Waals surface area (Å²) < 4.78 is 0. The number of carbonyl (C=O) groups excluding carboxylic acids is 1. The van der Waals surface area contributed by atoms with Crippen molar-refractivity contribution in [1.29, 1.82) is 0 Å². The molecule has 0 atom stereocenters. The summed E-state index contributed by atoms with van der Waals surface area (Å²) in [5, 5.41) is 3.39. The average molecular weight is 267 g/mol. The Morgan fingerprint density at radius 1 is 1.33 bits per heavy atom. The minimum Gasteiger partial charge on any atom is -0.397 e. The van der Waals surface area contributed by atoms with Crippen molar-refractivity contribution in [2.75, 3.05) is 11.1 Å². The van der Waals surface area contributed by atoms with Crippen molar-refractivity contribution in [2.24, 2.45) is 5.92 Å². The molecule has 3 nitrogen and oxygen atoms in total. The first-order valence-corrected chi connectivity index (χ1v) is 6.88. The molecule has 0 bridgehead atoms. The van der Waals surface area contributed by atoms with Gasteiger partial charge in [-0.05, 0) is 37.0 Å². The van der Waals surface area contributed by atoms with E-state index in [4.69, 9.17) is 17.3 Å². The number of amides is 1. The molecule has 0 heterocycles. The lowest BCUT2D eigenvalue weighted by Gasteiger charge is -2.20. The highest BCUT2D eigenvalue weighted by Crippen LogP contribution is 2.27. The highest BCUT2D eigenvalue weighted by molar-refractivity contribution is 6.33. The van der Waals surface area contributed by atoms with Gasteiger partial charge in [0.15, 0.2) is 0 Å². The molecule has 1 aliphatic carbocycles. The minimum absolute atomic E-state index is 0.0728. The van der Waals surface area contributed by atoms with Crippen LogP contribution in [0.2, 0.25) is 5.02 Å². The molecule has 0 aliphatic heterocycles. The first-order valence-electron chi connectivity index (χ1n) is 6.50. The van der Waals surface area contributed by atoms with E-state index in [0.717, 1.165) is 5.69 Å². The van der Waals surface area contributed by atoms with Crippen LogP contribution in [0.25, 0.3) is 0 Å². The third-order valence-corrected chi connectivity index (χ3v) is 3.82. The van der Waals surface area contributed by atoms with Gasteiger partial charge in [-0.15, -0.1) is 0 Å². The molecule has 0 saturated heterocycles. The van der Waals surface area contributed by atoms with Gasteiger partial charge in [0, 0.05) is 12.1 Å². The standard InChI is InChI=1S/C14H19ClN2O/c15-12-7-6-11(9-13(12)16)17-14(18)8-10-4-2-1-3-5-10/h6-7,9-10H,1-5,8,16H2,(H,17,18). The third-order valence-electron chi connectivity index (χ3n) is 3.48. The summed E-state index contributed by atoms with van der Waals surface area (Å²) in [4.78, 5) is 11.9. The molecule has 1 aromatic carbocycles. The Kier molecular flexibility index (Phi) is 4.48. The van der Waals surface area contributed by atoms with E-state index in [0.29, 0.717) is 23.0 Å². The van der Waals surface area contributed by atoms with Gasteiger partial charge >= 0.3 is 0 Å². The van der Waals surface area contributed by atoms with Crippen LogP contribution in [0, 0.1) is 5.92 Å². The lowest BCUT2D eigenvalue weighted by Crippen LogP contribution is -2.18. The zero-order valence-electron chi connectivity index (χ0n) is 10.4. The second-order valence-electron chi connectivity index (χ2n) is 4.99. The fourth-order valence-corrected chi connectivity index (χ4v) is 2.60. The molecule has 0 spiro atoms. The van der Waals surface area contributed by atoms with Crippen molar-refractivity contribution in [3.8, 4) is 0 Å². The molecule has 1 aromatic rings. The fraction of sp³-hybridized carbons (Fsp3) is 0.500. The van der Waals surface area contributed by atoms with E-state index in [1.54, 1.807) is 18.2 Å². The molecular formula is C14H19ClN2O. The summed E-state index contributed by atoms with van der Waals surface area (Å²) in [5.74, 6) is 0.618. The Hall–Kier alpha value is -1.22. The highest BCUT2D eigenvalue weighted by Gasteiger charge is 2.17. The van der Waals surface area contributed by atoms with Gasteiger partial charge in [-0.3, -0.25) is 4.79 Å². The number of benzene rings is 1. The zero-order chi connectivity index (χ0) is 13.0. The maximum Gasteiger partial charge on any atom is 0.224 e. The van der Waals surface area contributed by atoms with Crippen LogP contribution in [0.5, 0.6) is 0 Å². The highest BCUT2D eigenvalue weighted by atomic mass is 35.5. The first-order chi connectivity index (χ1) is 8.65. The van der Waals surface area contributed by atoms with Crippen LogP contribution in [-0.2, 0) is 4.79 Å². The van der Waals surface area contributed by atoms with Crippen LogP contribution < -0.4 is 11.1 Å². The summed E-state index contributed by atoms with van der Waals surface area (Å²) in [5.41, 5.74) is 6.91. The Morgan fingerprint density at radius 3 is 2.72 bits per heavy atom. The number of nitrogens with two attached hydrogens (primary N) is 1. The van der Waals surface area contributed by atoms with Crippen LogP contribution in [0.15, 0.2) is 18.2 Å². The largest absolute Gasteiger partial charge is 0.397 e. The molecule has 0 radical (unpaired) electrons. The lowest BCUT2D eigenvalue weighted by atomic mass is 9.87. The molecule has 2 rings (SSSR count). The van der Waals surface area contributed by atoms with Crippen molar-refractivity contribution in [1.82, 2.24) is 0 Å². The van der Waals surface area contributed by atoms with E-state index >= 15 is 0 Å². The van der Waals surface area contributed by atoms with Gasteiger partial charge in [-0.1, -0.05) is 30.9 Å². The molecule has 98 valence electrons. The summed E-state index contributed by atoms with van der Waals surface area (Å²) in [7, 11) is 0. The number of halogens is 1. The van der Waals surface area contributed by atoms with Gasteiger partial charge in [-0.2, -0.15) is 0 Å². The Bertz CT molecular complexity index is 428. The number of carbonyl (C=O) groups is 1. The average Bonchev–Trinajstić information content (AvgIpc) is 2.35. The normalized spacial score (nSPS) is 16.5. The van der Waals surface area contributed by atoms with Gasteiger partial charge in [0.1, 0.15) is 0 Å². The molecule has 0 aromatic heterocycles. The topological polar surface area (TPSA) is 55.1 Å². The quantitative estimate of drug-likeness (QED) is 0.817. The maximum absolute atomic E-state index is 11.9. The van der Waals surface area contributed by atoms with Crippen LogP contribution >= 0.6 is 11.6 Å². The smallest absolute Gasteiger partial charge is 0.224 e. The predicted molar refractivity (Wildman–Crippen MR) is 75.7 cm³/mol. The molecular weight excluding hydrogens is 248 g/mol. The number of anilines is 2. The van der Waals surface area contributed by atoms with Gasteiger partial charge < -0.3 is 11.1 Å². The van der Waals surface area contributed by atoms with Crippen LogP contribution in [0.1, 0.15) is 38.5 Å². The Balaban J connectivity index is 1.88. The maximum atomic E-state index is 11.9. The third kappa shape index (κ3) is 3.64. The van der Waals surface area contributed by atoms with E-state index in [2.05, 4.69) is 5.32 Å². The summed E-state index contributed by atoms with van der Waals surface area (Å²) in [6, 6.07) is 5.17. The number of hydrogen-bond donors (Lipinski definition) is 2. The molecule has 1 saturated carbocycles. The minimum atomic E-state index is 0.0728. The second-order valence-corrected chi connectivity index (χ2v) is 5.40. The zero-order valence-corrected chi connectivity index (χ0v) is 11.2. The molecule has 1 amide bonds. The molecule has 1 aliphatic rings. The van der Waals surface area contributed by atoms with Gasteiger partial charge in [0.25, 0.3) is 0 Å². The number of rotatable bonds is 3. The molecule has 18 heavy (non-hydrogen) atoms. The van der Waals surface area contributed by atoms with Crippen molar-refractivity contribution >= 4 is 28.9 Å². The number of hydrogen-bond acceptors (Lipinski definition) is 2. The van der Waals surface area contributed by atoms with Crippen LogP contribution in [0.4, 0.5) is 11.4 Å². The van der Waals surface area contributed by atoms with Crippen LogP contribution in [-0.4, -0.2) is 5.91 Å². The Morgan fingerprint density at radius 2 is 2.06 bits per heavy atom.